The van der Waals surface area contributed by atoms with Crippen molar-refractivity contribution >= 4 is 11.9 Å². The fourth-order valence-electron chi connectivity index (χ4n) is 1.12. The van der Waals surface area contributed by atoms with Crippen LogP contribution in [-0.4, -0.2) is 75.8 Å². The molecule has 0 heterocycles. The Morgan fingerprint density at radius 3 is 1.00 bits per heavy atom. The number of esters is 2. The highest BCUT2D eigenvalue weighted by atomic mass is 19.4. The van der Waals surface area contributed by atoms with E-state index in [1.807, 2.05) is 0 Å². The van der Waals surface area contributed by atoms with Gasteiger partial charge in [0.05, 0.1) is 26.4 Å². The molecule has 0 aliphatic heterocycles. The standard InChI is InChI=1S/C12H12F10O6/c13-9(14,11(17,18)19)7(23)27-5-3-25-1-2-26-4-6-28-8(24)10(15,16)12(20,21)22/h1-6H2. The molecule has 16 heteroatoms. The minimum absolute atomic E-state index is 0.347. The third-order valence-corrected chi connectivity index (χ3v) is 2.52. The Morgan fingerprint density at radius 1 is 0.500 bits per heavy atom. The van der Waals surface area contributed by atoms with Gasteiger partial charge in [0.15, 0.2) is 0 Å². The van der Waals surface area contributed by atoms with Gasteiger partial charge in [-0.1, -0.05) is 0 Å². The van der Waals surface area contributed by atoms with Gasteiger partial charge in [0.2, 0.25) is 0 Å². The van der Waals surface area contributed by atoms with Crippen molar-refractivity contribution in [2.75, 3.05) is 39.6 Å². The molecule has 0 rings (SSSR count). The predicted octanol–water partition coefficient (Wildman–Crippen LogP) is 2.50. The summed E-state index contributed by atoms with van der Waals surface area (Å²) in [4.78, 5) is 21.1. The van der Waals surface area contributed by atoms with Gasteiger partial charge < -0.3 is 18.9 Å². The van der Waals surface area contributed by atoms with Crippen LogP contribution >= 0.6 is 0 Å². The zero-order valence-corrected chi connectivity index (χ0v) is 13.5. The lowest BCUT2D eigenvalue weighted by molar-refractivity contribution is -0.281. The number of hydrogen-bond acceptors (Lipinski definition) is 6. The third-order valence-electron chi connectivity index (χ3n) is 2.52. The van der Waals surface area contributed by atoms with E-state index in [0.717, 1.165) is 0 Å². The highest BCUT2D eigenvalue weighted by Crippen LogP contribution is 2.37. The van der Waals surface area contributed by atoms with Crippen molar-refractivity contribution in [3.63, 3.8) is 0 Å². The van der Waals surface area contributed by atoms with E-state index < -0.39 is 62.6 Å². The van der Waals surface area contributed by atoms with Gasteiger partial charge in [0.25, 0.3) is 0 Å². The first-order valence-electron chi connectivity index (χ1n) is 6.94. The zero-order valence-electron chi connectivity index (χ0n) is 13.5. The van der Waals surface area contributed by atoms with E-state index in [1.54, 1.807) is 0 Å². The van der Waals surface area contributed by atoms with Crippen LogP contribution in [0.5, 0.6) is 0 Å². The summed E-state index contributed by atoms with van der Waals surface area (Å²) in [6.07, 6.45) is -12.2. The number of rotatable bonds is 11. The van der Waals surface area contributed by atoms with Crippen LogP contribution in [-0.2, 0) is 28.5 Å². The van der Waals surface area contributed by atoms with E-state index in [-0.39, 0.29) is 13.2 Å². The summed E-state index contributed by atoms with van der Waals surface area (Å²) in [7, 11) is 0. The first-order chi connectivity index (χ1) is 12.5. The summed E-state index contributed by atoms with van der Waals surface area (Å²) < 4.78 is 137. The lowest BCUT2D eigenvalue weighted by Gasteiger charge is -2.18. The maximum atomic E-state index is 12.5. The van der Waals surface area contributed by atoms with Crippen LogP contribution in [0.2, 0.25) is 0 Å². The number of carbonyl (C=O) groups excluding carboxylic acids is 2. The van der Waals surface area contributed by atoms with Gasteiger partial charge in [-0.2, -0.15) is 43.9 Å². The molecular formula is C12H12F10O6. The van der Waals surface area contributed by atoms with Crippen molar-refractivity contribution in [3.8, 4) is 0 Å². The minimum atomic E-state index is -6.12. The molecule has 0 N–H and O–H groups in total. The Bertz CT molecular complexity index is 470. The molecule has 0 saturated carbocycles. The van der Waals surface area contributed by atoms with Crippen LogP contribution in [0, 0.1) is 0 Å². The van der Waals surface area contributed by atoms with Crippen LogP contribution in [0.3, 0.4) is 0 Å². The zero-order chi connectivity index (χ0) is 22.2. The quantitative estimate of drug-likeness (QED) is 0.278. The van der Waals surface area contributed by atoms with Crippen molar-refractivity contribution in [1.82, 2.24) is 0 Å². The van der Waals surface area contributed by atoms with Crippen molar-refractivity contribution in [2.45, 2.75) is 24.2 Å². The molecule has 6 nitrogen and oxygen atoms in total. The molecule has 0 aromatic heterocycles. The molecule has 0 fully saturated rings. The number of halogens is 10. The molecule has 166 valence electrons. The summed E-state index contributed by atoms with van der Waals surface area (Å²) in [6.45, 7) is -3.80. The highest BCUT2D eigenvalue weighted by molar-refractivity contribution is 5.79. The number of hydrogen-bond donors (Lipinski definition) is 0. The predicted molar refractivity (Wildman–Crippen MR) is 65.6 cm³/mol. The normalized spacial score (nSPS) is 13.4. The fourth-order valence-corrected chi connectivity index (χ4v) is 1.12. The lowest BCUT2D eigenvalue weighted by atomic mass is 10.3. The Morgan fingerprint density at radius 2 is 0.750 bits per heavy atom. The smallest absolute Gasteiger partial charge is 0.459 e. The van der Waals surface area contributed by atoms with Gasteiger partial charge in [-0.05, 0) is 0 Å². The average molecular weight is 442 g/mol. The Labute approximate surface area is 149 Å². The third kappa shape index (κ3) is 7.65. The topological polar surface area (TPSA) is 71.1 Å². The SMILES string of the molecule is O=C(OCCOCCOCCOC(=O)C(F)(F)C(F)(F)F)C(F)(F)C(F)(F)F. The van der Waals surface area contributed by atoms with Gasteiger partial charge in [0, 0.05) is 0 Å². The molecule has 0 aliphatic carbocycles. The van der Waals surface area contributed by atoms with E-state index in [9.17, 15) is 53.5 Å². The van der Waals surface area contributed by atoms with Crippen LogP contribution in [0.25, 0.3) is 0 Å². The van der Waals surface area contributed by atoms with E-state index in [4.69, 9.17) is 0 Å². The largest absolute Gasteiger partial charge is 0.465 e. The number of alkyl halides is 10. The summed E-state index contributed by atoms with van der Waals surface area (Å²) in [5, 5.41) is 0. The lowest BCUT2D eigenvalue weighted by Crippen LogP contribution is -2.45. The van der Waals surface area contributed by atoms with Crippen molar-refractivity contribution in [3.05, 3.63) is 0 Å². The molecule has 0 unspecified atom stereocenters. The summed E-state index contributed by atoms with van der Waals surface area (Å²) in [5.74, 6) is -17.0. The fraction of sp³-hybridized carbons (Fsp3) is 0.833. The van der Waals surface area contributed by atoms with Crippen LogP contribution < -0.4 is 0 Å². The van der Waals surface area contributed by atoms with Crippen LogP contribution in [0.1, 0.15) is 0 Å². The maximum Gasteiger partial charge on any atom is 0.465 e. The molecular weight excluding hydrogens is 430 g/mol. The van der Waals surface area contributed by atoms with Crippen LogP contribution in [0.15, 0.2) is 0 Å². The molecule has 0 amide bonds. The molecule has 0 aromatic rings. The second-order valence-corrected chi connectivity index (χ2v) is 4.64. The molecule has 28 heavy (non-hydrogen) atoms. The molecule has 0 radical (unpaired) electrons. The molecule has 0 bridgehead atoms. The van der Waals surface area contributed by atoms with Gasteiger partial charge in [-0.3, -0.25) is 0 Å². The first-order valence-corrected chi connectivity index (χ1v) is 6.94. The van der Waals surface area contributed by atoms with E-state index in [0.29, 0.717) is 0 Å². The Balaban J connectivity index is 3.80. The Hall–Kier alpha value is -1.84. The van der Waals surface area contributed by atoms with Gasteiger partial charge in [-0.25, -0.2) is 9.59 Å². The van der Waals surface area contributed by atoms with Crippen molar-refractivity contribution in [2.24, 2.45) is 0 Å². The second kappa shape index (κ2) is 10.1. The van der Waals surface area contributed by atoms with Crippen LogP contribution in [0.4, 0.5) is 43.9 Å². The highest BCUT2D eigenvalue weighted by Gasteiger charge is 2.65. The van der Waals surface area contributed by atoms with E-state index >= 15 is 0 Å². The summed E-state index contributed by atoms with van der Waals surface area (Å²) in [6, 6.07) is 0. The average Bonchev–Trinajstić information content (AvgIpc) is 2.53. The maximum absolute atomic E-state index is 12.5. The van der Waals surface area contributed by atoms with Gasteiger partial charge in [-0.15, -0.1) is 0 Å². The van der Waals surface area contributed by atoms with E-state index in [2.05, 4.69) is 18.9 Å². The molecule has 0 aromatic carbocycles. The summed E-state index contributed by atoms with van der Waals surface area (Å²) >= 11 is 0. The molecule has 0 saturated heterocycles. The molecule has 0 spiro atoms. The molecule has 0 atom stereocenters. The Kier molecular flexibility index (Phi) is 9.42. The number of ether oxygens (including phenoxy) is 4. The van der Waals surface area contributed by atoms with Crippen molar-refractivity contribution in [1.29, 1.82) is 0 Å². The summed E-state index contributed by atoms with van der Waals surface area (Å²) in [5.41, 5.74) is 0. The monoisotopic (exact) mass is 442 g/mol. The first kappa shape index (κ1) is 26.2. The van der Waals surface area contributed by atoms with Crippen molar-refractivity contribution < 1.29 is 72.4 Å². The van der Waals surface area contributed by atoms with Gasteiger partial charge >= 0.3 is 36.1 Å². The van der Waals surface area contributed by atoms with Gasteiger partial charge in [0.1, 0.15) is 13.2 Å². The second-order valence-electron chi connectivity index (χ2n) is 4.64. The van der Waals surface area contributed by atoms with E-state index in [1.165, 1.54) is 0 Å². The number of carbonyl (C=O) groups is 2. The minimum Gasteiger partial charge on any atom is -0.459 e. The molecule has 0 aliphatic rings.